The molecule has 2 aliphatic heterocycles. The van der Waals surface area contributed by atoms with Crippen molar-refractivity contribution in [1.82, 2.24) is 8.20 Å². The molecule has 0 spiro atoms. The number of hydrogen-bond donors (Lipinski definition) is 1. The first-order chi connectivity index (χ1) is 5.47. The van der Waals surface area contributed by atoms with Crippen molar-refractivity contribution in [1.29, 1.82) is 0 Å². The van der Waals surface area contributed by atoms with Crippen LogP contribution in [0.5, 0.6) is 0 Å². The maximum atomic E-state index is 3.40. The van der Waals surface area contributed by atoms with Crippen molar-refractivity contribution in [2.24, 2.45) is 0 Å². The summed E-state index contributed by atoms with van der Waals surface area (Å²) < 4.78 is 5.07. The Morgan fingerprint density at radius 2 is 2.09 bits per heavy atom. The van der Waals surface area contributed by atoms with E-state index in [4.69, 9.17) is 0 Å². The molecule has 2 nitrogen and oxygen atoms in total. The van der Waals surface area contributed by atoms with Crippen LogP contribution in [-0.4, -0.2) is 44.1 Å². The molecule has 0 atom stereocenters. The van der Waals surface area contributed by atoms with Crippen LogP contribution in [0.1, 0.15) is 19.3 Å². The normalized spacial score (nSPS) is 22.5. The Hall–Kier alpha value is 0.0801. The van der Waals surface area contributed by atoms with Crippen molar-refractivity contribution < 1.29 is 0 Å². The van der Waals surface area contributed by atoms with Crippen LogP contribution < -0.4 is 3.30 Å². The molecule has 0 aromatic rings. The third kappa shape index (κ3) is 1.81. The van der Waals surface area contributed by atoms with E-state index in [9.17, 15) is 0 Å². The molecule has 2 rings (SSSR count). The van der Waals surface area contributed by atoms with E-state index in [-0.39, 0.29) is 0 Å². The molecule has 1 N–H and O–H groups in total. The Balaban J connectivity index is 1.97. The van der Waals surface area contributed by atoms with Gasteiger partial charge in [0.25, 0.3) is 0 Å². The topological polar surface area (TPSA) is 15.3 Å². The summed E-state index contributed by atoms with van der Waals surface area (Å²) in [5.41, 5.74) is 0. The van der Waals surface area contributed by atoms with Crippen LogP contribution in [0.2, 0.25) is 0 Å². The molecular weight excluding hydrogens is 239 g/mol. The molecule has 0 aromatic carbocycles. The molecule has 0 radical (unpaired) electrons. The van der Waals surface area contributed by atoms with E-state index < -0.39 is 22.7 Å². The molecule has 0 saturated carbocycles. The number of piperidine rings is 1. The quantitative estimate of drug-likeness (QED) is 0.723. The molecule has 11 heavy (non-hydrogen) atoms. The fourth-order valence-electron chi connectivity index (χ4n) is 1.66. The summed E-state index contributed by atoms with van der Waals surface area (Å²) in [6, 6.07) is 0. The molecule has 0 aliphatic carbocycles. The van der Waals surface area contributed by atoms with E-state index in [2.05, 4.69) is 20.5 Å². The molecule has 3 heteroatoms. The first-order valence-electron chi connectivity index (χ1n) is 4.34. The molecule has 1 saturated heterocycles. The monoisotopic (exact) mass is 252 g/mol. The second-order valence-corrected chi connectivity index (χ2v) is 6.58. The van der Waals surface area contributed by atoms with Crippen molar-refractivity contribution in [3.8, 4) is 0 Å². The van der Waals surface area contributed by atoms with Crippen LogP contribution in [0.3, 0.4) is 0 Å². The van der Waals surface area contributed by atoms with Crippen molar-refractivity contribution in [2.75, 3.05) is 13.1 Å². The standard InChI is InChI=1S/C8H13N2.In/c9-5-4-8-10-6-2-1-3-7-10;/h4-5,9H,1-3,6-7H2;/q-1;+1. The summed E-state index contributed by atoms with van der Waals surface area (Å²) >= 11 is -0.529. The minimum absolute atomic E-state index is 0.529. The maximum absolute atomic E-state index is 3.40. The number of nitrogens with one attached hydrogen (secondary N) is 1. The van der Waals surface area contributed by atoms with Crippen molar-refractivity contribution in [2.45, 2.75) is 19.3 Å². The Kier molecular flexibility index (Phi) is 2.56. The average Bonchev–Trinajstić information content (AvgIpc) is 2.58. The van der Waals surface area contributed by atoms with Crippen LogP contribution >= 0.6 is 0 Å². The summed E-state index contributed by atoms with van der Waals surface area (Å²) in [5, 5.41) is 0. The van der Waals surface area contributed by atoms with E-state index >= 15 is 0 Å². The summed E-state index contributed by atoms with van der Waals surface area (Å²) in [4.78, 5) is 2.58. The first-order valence-corrected chi connectivity index (χ1v) is 7.64. The summed E-state index contributed by atoms with van der Waals surface area (Å²) in [6.07, 6.45) is 8.66. The van der Waals surface area contributed by atoms with E-state index in [1.54, 1.807) is 3.38 Å². The fraction of sp³-hybridized carbons (Fsp3) is 0.625. The Labute approximate surface area is 78.9 Å². The van der Waals surface area contributed by atoms with Crippen LogP contribution in [-0.2, 0) is 0 Å². The second kappa shape index (κ2) is 3.65. The zero-order chi connectivity index (χ0) is 7.52. The van der Waals surface area contributed by atoms with Gasteiger partial charge in [0, 0.05) is 0 Å². The number of likely N-dealkylation sites (tertiary alicyclic amines) is 1. The average molecular weight is 252 g/mol. The SMILES string of the molecule is C1=C[C](N2CCCCC2)=[In][NH]1. The summed E-state index contributed by atoms with van der Waals surface area (Å²) in [5.74, 6) is 0. The van der Waals surface area contributed by atoms with Gasteiger partial charge in [0.15, 0.2) is 0 Å². The van der Waals surface area contributed by atoms with Crippen molar-refractivity contribution in [3.63, 3.8) is 0 Å². The molecule has 0 amide bonds. The number of nitrogens with zero attached hydrogens (tertiary/aromatic N) is 1. The predicted molar refractivity (Wildman–Crippen MR) is 48.5 cm³/mol. The van der Waals surface area contributed by atoms with Gasteiger partial charge < -0.3 is 0 Å². The molecule has 0 bridgehead atoms. The molecule has 1 fully saturated rings. The van der Waals surface area contributed by atoms with Gasteiger partial charge in [-0.1, -0.05) is 0 Å². The van der Waals surface area contributed by atoms with Gasteiger partial charge in [-0.05, 0) is 0 Å². The molecule has 2 heterocycles. The van der Waals surface area contributed by atoms with Gasteiger partial charge in [-0.15, -0.1) is 0 Å². The molecule has 58 valence electrons. The van der Waals surface area contributed by atoms with Gasteiger partial charge in [-0.25, -0.2) is 0 Å². The van der Waals surface area contributed by atoms with Crippen LogP contribution in [0.4, 0.5) is 0 Å². The van der Waals surface area contributed by atoms with Gasteiger partial charge in [0.05, 0.1) is 0 Å². The molecular formula is C8H13InN2. The van der Waals surface area contributed by atoms with Gasteiger partial charge in [-0.3, -0.25) is 0 Å². The van der Waals surface area contributed by atoms with E-state index in [1.165, 1.54) is 32.4 Å². The van der Waals surface area contributed by atoms with E-state index in [0.717, 1.165) is 0 Å². The van der Waals surface area contributed by atoms with Gasteiger partial charge >= 0.3 is 78.9 Å². The van der Waals surface area contributed by atoms with E-state index in [1.807, 2.05) is 0 Å². The number of rotatable bonds is 1. The first kappa shape index (κ1) is 7.71. The third-order valence-electron chi connectivity index (χ3n) is 2.30. The van der Waals surface area contributed by atoms with E-state index in [0.29, 0.717) is 0 Å². The summed E-state index contributed by atoms with van der Waals surface area (Å²) in [7, 11) is 0. The van der Waals surface area contributed by atoms with Crippen LogP contribution in [0.15, 0.2) is 12.3 Å². The Morgan fingerprint density at radius 3 is 2.73 bits per heavy atom. The Morgan fingerprint density at radius 1 is 1.27 bits per heavy atom. The summed E-state index contributed by atoms with van der Waals surface area (Å²) in [6.45, 7) is 2.63. The zero-order valence-electron chi connectivity index (χ0n) is 6.71. The minimum atomic E-state index is -0.529. The van der Waals surface area contributed by atoms with Gasteiger partial charge in [0.2, 0.25) is 0 Å². The van der Waals surface area contributed by atoms with Crippen LogP contribution in [0.25, 0.3) is 0 Å². The third-order valence-corrected chi connectivity index (χ3v) is 5.76. The Bertz CT molecular complexity index is 192. The molecule has 2 aliphatic rings. The van der Waals surface area contributed by atoms with Crippen molar-refractivity contribution in [3.05, 3.63) is 12.3 Å². The second-order valence-electron chi connectivity index (χ2n) is 3.12. The predicted octanol–water partition coefficient (Wildman–Crippen LogP) is 0.338. The fourth-order valence-corrected chi connectivity index (χ4v) is 4.51. The van der Waals surface area contributed by atoms with Gasteiger partial charge in [-0.2, -0.15) is 0 Å². The van der Waals surface area contributed by atoms with Crippen LogP contribution in [0, 0.1) is 0 Å². The number of hydrogen-bond acceptors (Lipinski definition) is 2. The van der Waals surface area contributed by atoms with Crippen molar-refractivity contribution >= 4 is 26.1 Å². The van der Waals surface area contributed by atoms with Gasteiger partial charge in [0.1, 0.15) is 0 Å². The molecule has 0 unspecified atom stereocenters. The zero-order valence-corrected chi connectivity index (χ0v) is 10.0. The molecule has 0 aromatic heterocycles.